The minimum absolute atomic E-state index is 0.163. The lowest BCUT2D eigenvalue weighted by molar-refractivity contribution is -0.0150. The third kappa shape index (κ3) is 2.20. The topological polar surface area (TPSA) is 99.6 Å². The molecule has 0 amide bonds. The van der Waals surface area contributed by atoms with Gasteiger partial charge in [-0.2, -0.15) is 0 Å². The van der Waals surface area contributed by atoms with Crippen LogP contribution in [0.25, 0.3) is 0 Å². The highest BCUT2D eigenvalue weighted by molar-refractivity contribution is 5.42. The van der Waals surface area contributed by atoms with Crippen LogP contribution in [0.5, 0.6) is 0 Å². The molecule has 0 spiro atoms. The average Bonchev–Trinajstić information content (AvgIpc) is 2.19. The van der Waals surface area contributed by atoms with E-state index in [1.807, 2.05) is 0 Å². The molecule has 1 heterocycles. The van der Waals surface area contributed by atoms with Gasteiger partial charge in [-0.1, -0.05) is 0 Å². The van der Waals surface area contributed by atoms with Crippen molar-refractivity contribution in [3.05, 3.63) is 23.4 Å². The normalized spacial score (nSPS) is 15.1. The number of aliphatic hydroxyl groups excluding tert-OH is 3. The molecule has 5 N–H and O–H groups in total. The number of nitrogens with two attached hydrogens (primary N) is 1. The molecule has 1 aromatic heterocycles. The molecule has 1 aromatic rings. The molecule has 0 aliphatic heterocycles. The summed E-state index contributed by atoms with van der Waals surface area (Å²) in [6, 6.07) is 1.63. The van der Waals surface area contributed by atoms with E-state index in [2.05, 4.69) is 4.98 Å². The molecule has 1 rings (SSSR count). The molecule has 0 aromatic carbocycles. The Labute approximate surface area is 81.8 Å². The van der Waals surface area contributed by atoms with Crippen molar-refractivity contribution in [3.8, 4) is 0 Å². The standard InChI is InChI=1S/C9H14N2O3/c1-5-2-6(9(10)11-3-5)8(14)7(13)4-12/h2-3,7-8,12-14H,4H2,1H3,(H2,10,11). The van der Waals surface area contributed by atoms with E-state index in [0.717, 1.165) is 5.56 Å². The predicted molar refractivity (Wildman–Crippen MR) is 51.4 cm³/mol. The van der Waals surface area contributed by atoms with Gasteiger partial charge >= 0.3 is 0 Å². The Kier molecular flexibility index (Phi) is 3.40. The van der Waals surface area contributed by atoms with Gasteiger partial charge in [0, 0.05) is 11.8 Å². The smallest absolute Gasteiger partial charge is 0.129 e. The summed E-state index contributed by atoms with van der Waals surface area (Å²) in [6.45, 7) is 1.28. The number of nitrogens with zero attached hydrogens (tertiary/aromatic N) is 1. The summed E-state index contributed by atoms with van der Waals surface area (Å²) in [5.74, 6) is 0.163. The molecule has 0 radical (unpaired) electrons. The van der Waals surface area contributed by atoms with Crippen LogP contribution in [-0.2, 0) is 0 Å². The van der Waals surface area contributed by atoms with Crippen LogP contribution in [0.1, 0.15) is 17.2 Å². The molecule has 0 bridgehead atoms. The molecule has 5 heteroatoms. The quantitative estimate of drug-likeness (QED) is 0.517. The van der Waals surface area contributed by atoms with E-state index in [-0.39, 0.29) is 5.82 Å². The van der Waals surface area contributed by atoms with Crippen molar-refractivity contribution in [1.82, 2.24) is 4.98 Å². The molecule has 2 unspecified atom stereocenters. The number of hydrogen-bond donors (Lipinski definition) is 4. The van der Waals surface area contributed by atoms with Crippen LogP contribution in [0.2, 0.25) is 0 Å². The summed E-state index contributed by atoms with van der Waals surface area (Å²) in [6.07, 6.45) is -0.870. The maximum absolute atomic E-state index is 9.56. The number of aliphatic hydroxyl groups is 3. The van der Waals surface area contributed by atoms with Crippen LogP contribution in [0.3, 0.4) is 0 Å². The zero-order chi connectivity index (χ0) is 10.7. The molecule has 14 heavy (non-hydrogen) atoms. The summed E-state index contributed by atoms with van der Waals surface area (Å²) in [5, 5.41) is 27.4. The fourth-order valence-electron chi connectivity index (χ4n) is 1.15. The Morgan fingerprint density at radius 2 is 2.14 bits per heavy atom. The second-order valence-electron chi connectivity index (χ2n) is 3.18. The lowest BCUT2D eigenvalue weighted by Gasteiger charge is -2.17. The Hall–Kier alpha value is -1.17. The largest absolute Gasteiger partial charge is 0.394 e. The number of anilines is 1. The van der Waals surface area contributed by atoms with Gasteiger partial charge in [-0.15, -0.1) is 0 Å². The van der Waals surface area contributed by atoms with E-state index >= 15 is 0 Å². The van der Waals surface area contributed by atoms with Gasteiger partial charge < -0.3 is 21.1 Å². The molecular weight excluding hydrogens is 184 g/mol. The minimum atomic E-state index is -1.24. The molecule has 0 fully saturated rings. The molecular formula is C9H14N2O3. The molecule has 2 atom stereocenters. The van der Waals surface area contributed by atoms with Crippen molar-refractivity contribution < 1.29 is 15.3 Å². The van der Waals surface area contributed by atoms with E-state index in [9.17, 15) is 10.2 Å². The maximum atomic E-state index is 9.56. The highest BCUT2D eigenvalue weighted by Crippen LogP contribution is 2.22. The van der Waals surface area contributed by atoms with Crippen LogP contribution < -0.4 is 5.73 Å². The fourth-order valence-corrected chi connectivity index (χ4v) is 1.15. The molecule has 0 aliphatic carbocycles. The van der Waals surface area contributed by atoms with Crippen molar-refractivity contribution in [1.29, 1.82) is 0 Å². The predicted octanol–water partition coefficient (Wildman–Crippen LogP) is -0.641. The molecule has 0 aliphatic rings. The number of hydrogen-bond acceptors (Lipinski definition) is 5. The number of nitrogen functional groups attached to an aromatic ring is 1. The highest BCUT2D eigenvalue weighted by atomic mass is 16.4. The zero-order valence-corrected chi connectivity index (χ0v) is 7.88. The van der Waals surface area contributed by atoms with Gasteiger partial charge in [0.25, 0.3) is 0 Å². The average molecular weight is 198 g/mol. The summed E-state index contributed by atoms with van der Waals surface area (Å²) < 4.78 is 0. The number of pyridine rings is 1. The van der Waals surface area contributed by atoms with Crippen molar-refractivity contribution >= 4 is 5.82 Å². The Morgan fingerprint density at radius 3 is 2.71 bits per heavy atom. The summed E-state index contributed by atoms with van der Waals surface area (Å²) >= 11 is 0. The minimum Gasteiger partial charge on any atom is -0.394 e. The third-order valence-electron chi connectivity index (χ3n) is 1.96. The van der Waals surface area contributed by atoms with E-state index < -0.39 is 18.8 Å². The van der Waals surface area contributed by atoms with Crippen LogP contribution in [-0.4, -0.2) is 33.0 Å². The first-order chi connectivity index (χ1) is 6.56. The number of aryl methyl sites for hydroxylation is 1. The van der Waals surface area contributed by atoms with Crippen molar-refractivity contribution in [2.24, 2.45) is 0 Å². The van der Waals surface area contributed by atoms with E-state index in [1.54, 1.807) is 19.2 Å². The second kappa shape index (κ2) is 4.36. The summed E-state index contributed by atoms with van der Waals surface area (Å²) in [7, 11) is 0. The first kappa shape index (κ1) is 10.9. The molecule has 0 saturated carbocycles. The monoisotopic (exact) mass is 198 g/mol. The number of aromatic nitrogens is 1. The first-order valence-electron chi connectivity index (χ1n) is 4.25. The lowest BCUT2D eigenvalue weighted by Crippen LogP contribution is -2.23. The van der Waals surface area contributed by atoms with Crippen molar-refractivity contribution in [2.45, 2.75) is 19.1 Å². The van der Waals surface area contributed by atoms with Gasteiger partial charge in [0.05, 0.1) is 6.61 Å². The van der Waals surface area contributed by atoms with Crippen molar-refractivity contribution in [2.75, 3.05) is 12.3 Å². The SMILES string of the molecule is Cc1cnc(N)c(C(O)C(O)CO)c1. The van der Waals surface area contributed by atoms with Crippen LogP contribution >= 0.6 is 0 Å². The lowest BCUT2D eigenvalue weighted by atomic mass is 10.0. The maximum Gasteiger partial charge on any atom is 0.129 e. The second-order valence-corrected chi connectivity index (χ2v) is 3.18. The van der Waals surface area contributed by atoms with Gasteiger partial charge in [0.15, 0.2) is 0 Å². The fraction of sp³-hybridized carbons (Fsp3) is 0.444. The van der Waals surface area contributed by atoms with Gasteiger partial charge in [-0.05, 0) is 18.6 Å². The van der Waals surface area contributed by atoms with E-state index in [0.29, 0.717) is 5.56 Å². The van der Waals surface area contributed by atoms with Crippen LogP contribution in [0.15, 0.2) is 12.3 Å². The van der Waals surface area contributed by atoms with Gasteiger partial charge in [0.1, 0.15) is 18.0 Å². The Bertz CT molecular complexity index is 317. The van der Waals surface area contributed by atoms with Gasteiger partial charge in [-0.25, -0.2) is 4.98 Å². The van der Waals surface area contributed by atoms with Gasteiger partial charge in [0.2, 0.25) is 0 Å². The van der Waals surface area contributed by atoms with Crippen LogP contribution in [0.4, 0.5) is 5.82 Å². The van der Waals surface area contributed by atoms with E-state index in [1.165, 1.54) is 0 Å². The zero-order valence-electron chi connectivity index (χ0n) is 7.88. The Morgan fingerprint density at radius 1 is 1.50 bits per heavy atom. The molecule has 5 nitrogen and oxygen atoms in total. The first-order valence-corrected chi connectivity index (χ1v) is 4.25. The summed E-state index contributed by atoms with van der Waals surface area (Å²) in [4.78, 5) is 3.84. The molecule has 78 valence electrons. The van der Waals surface area contributed by atoms with Crippen molar-refractivity contribution in [3.63, 3.8) is 0 Å². The van der Waals surface area contributed by atoms with Gasteiger partial charge in [-0.3, -0.25) is 0 Å². The highest BCUT2D eigenvalue weighted by Gasteiger charge is 2.20. The Balaban J connectivity index is 2.99. The van der Waals surface area contributed by atoms with Crippen LogP contribution in [0, 0.1) is 6.92 Å². The number of rotatable bonds is 3. The summed E-state index contributed by atoms with van der Waals surface area (Å²) in [5.41, 5.74) is 6.69. The van der Waals surface area contributed by atoms with E-state index in [4.69, 9.17) is 10.8 Å². The third-order valence-corrected chi connectivity index (χ3v) is 1.96. The molecule has 0 saturated heterocycles.